The average Bonchev–Trinajstić information content (AvgIpc) is 3.09. The minimum absolute atomic E-state index is 0.202. The number of rotatable bonds is 5. The molecule has 2 rings (SSSR count). The van der Waals surface area contributed by atoms with E-state index in [0.29, 0.717) is 17.7 Å². The fraction of sp³-hybridized carbons (Fsp3) is 0.706. The summed E-state index contributed by atoms with van der Waals surface area (Å²) >= 11 is 0. The van der Waals surface area contributed by atoms with E-state index in [9.17, 15) is 24.0 Å². The highest BCUT2D eigenvalue weighted by molar-refractivity contribution is 6.45. The Morgan fingerprint density at radius 2 is 1.69 bits per heavy atom. The molecule has 6 amide bonds. The van der Waals surface area contributed by atoms with E-state index in [-0.39, 0.29) is 18.5 Å². The smallest absolute Gasteiger partial charge is 0.334 e. The zero-order valence-corrected chi connectivity index (χ0v) is 15.7. The first kappa shape index (κ1) is 19.9. The van der Waals surface area contributed by atoms with Gasteiger partial charge in [-0.05, 0) is 33.6 Å². The van der Waals surface area contributed by atoms with Crippen molar-refractivity contribution in [2.45, 2.75) is 58.0 Å². The highest BCUT2D eigenvalue weighted by Gasteiger charge is 2.48. The second kappa shape index (κ2) is 7.43. The fourth-order valence-electron chi connectivity index (χ4n) is 3.16. The van der Waals surface area contributed by atoms with Crippen LogP contribution < -0.4 is 5.32 Å². The maximum absolute atomic E-state index is 12.4. The molecule has 0 aromatic heterocycles. The Hall–Kier alpha value is -2.45. The number of amides is 6. The van der Waals surface area contributed by atoms with Gasteiger partial charge in [0.1, 0.15) is 6.54 Å². The van der Waals surface area contributed by atoms with Gasteiger partial charge in [-0.3, -0.25) is 24.1 Å². The van der Waals surface area contributed by atoms with Crippen molar-refractivity contribution in [1.29, 1.82) is 0 Å². The first-order valence-corrected chi connectivity index (χ1v) is 8.75. The minimum atomic E-state index is -0.984. The zero-order chi connectivity index (χ0) is 19.6. The van der Waals surface area contributed by atoms with Crippen molar-refractivity contribution in [3.63, 3.8) is 0 Å². The molecule has 2 fully saturated rings. The third kappa shape index (κ3) is 4.39. The van der Waals surface area contributed by atoms with Crippen LogP contribution in [-0.2, 0) is 19.2 Å². The lowest BCUT2D eigenvalue weighted by Crippen LogP contribution is -2.48. The molecule has 26 heavy (non-hydrogen) atoms. The molecule has 1 aliphatic heterocycles. The van der Waals surface area contributed by atoms with E-state index in [1.807, 2.05) is 20.8 Å². The molecular weight excluding hydrogens is 340 g/mol. The summed E-state index contributed by atoms with van der Waals surface area (Å²) in [5, 5.41) is 2.72. The van der Waals surface area contributed by atoms with Crippen LogP contribution in [0.4, 0.5) is 4.79 Å². The number of carbonyl (C=O) groups is 5. The predicted molar refractivity (Wildman–Crippen MR) is 91.7 cm³/mol. The van der Waals surface area contributed by atoms with E-state index >= 15 is 0 Å². The number of urea groups is 1. The van der Waals surface area contributed by atoms with Gasteiger partial charge in [0.25, 0.3) is 0 Å². The van der Waals surface area contributed by atoms with Gasteiger partial charge in [-0.1, -0.05) is 12.8 Å². The number of hydrogen-bond acceptors (Lipinski definition) is 5. The molecule has 0 atom stereocenters. The van der Waals surface area contributed by atoms with Crippen molar-refractivity contribution < 1.29 is 24.0 Å². The highest BCUT2D eigenvalue weighted by atomic mass is 16.2. The van der Waals surface area contributed by atoms with Crippen LogP contribution in [0, 0.1) is 0 Å². The Labute approximate surface area is 152 Å². The van der Waals surface area contributed by atoms with Crippen molar-refractivity contribution in [1.82, 2.24) is 20.0 Å². The standard InChI is InChI=1S/C17H26N4O5/c1-17(2,3)18-12(22)9-19(4)13(23)10-20-14(24)15(25)21(16(20)26)11-7-5-6-8-11/h11H,5-10H2,1-4H3,(H,18,22). The largest absolute Gasteiger partial charge is 0.350 e. The SMILES string of the molecule is CN(CC(=O)NC(C)(C)C)C(=O)CN1C(=O)C(=O)N(C2CCCC2)C1=O. The number of carbonyl (C=O) groups excluding carboxylic acids is 5. The molecular formula is C17H26N4O5. The molecule has 0 bridgehead atoms. The summed E-state index contributed by atoms with van der Waals surface area (Å²) in [6.45, 7) is 4.70. The second-order valence-corrected chi connectivity index (χ2v) is 7.84. The Kier molecular flexibility index (Phi) is 5.68. The number of nitrogens with one attached hydrogen (secondary N) is 1. The van der Waals surface area contributed by atoms with Gasteiger partial charge in [0.2, 0.25) is 11.8 Å². The molecule has 0 aromatic rings. The third-order valence-electron chi connectivity index (χ3n) is 4.39. The third-order valence-corrected chi connectivity index (χ3v) is 4.39. The van der Waals surface area contributed by atoms with Gasteiger partial charge in [0.05, 0.1) is 6.54 Å². The van der Waals surface area contributed by atoms with Gasteiger partial charge in [-0.25, -0.2) is 9.69 Å². The Morgan fingerprint density at radius 1 is 1.12 bits per heavy atom. The van der Waals surface area contributed by atoms with Crippen molar-refractivity contribution in [2.24, 2.45) is 0 Å². The van der Waals surface area contributed by atoms with Crippen LogP contribution in [0.2, 0.25) is 0 Å². The van der Waals surface area contributed by atoms with Crippen LogP contribution in [0.25, 0.3) is 0 Å². The molecule has 0 spiro atoms. The van der Waals surface area contributed by atoms with Crippen LogP contribution in [0.15, 0.2) is 0 Å². The topological polar surface area (TPSA) is 107 Å². The zero-order valence-electron chi connectivity index (χ0n) is 15.7. The maximum atomic E-state index is 12.4. The van der Waals surface area contributed by atoms with Crippen molar-refractivity contribution in [3.8, 4) is 0 Å². The molecule has 1 saturated carbocycles. The van der Waals surface area contributed by atoms with Crippen LogP contribution in [0.5, 0.6) is 0 Å². The van der Waals surface area contributed by atoms with E-state index in [0.717, 1.165) is 22.6 Å². The fourth-order valence-corrected chi connectivity index (χ4v) is 3.16. The molecule has 1 heterocycles. The van der Waals surface area contributed by atoms with Gasteiger partial charge in [-0.15, -0.1) is 0 Å². The van der Waals surface area contributed by atoms with Gasteiger partial charge < -0.3 is 10.2 Å². The highest BCUT2D eigenvalue weighted by Crippen LogP contribution is 2.27. The van der Waals surface area contributed by atoms with E-state index in [4.69, 9.17) is 0 Å². The summed E-state index contributed by atoms with van der Waals surface area (Å²) in [7, 11) is 1.41. The maximum Gasteiger partial charge on any atom is 0.334 e. The number of hydrogen-bond donors (Lipinski definition) is 1. The molecule has 2 aliphatic rings. The van der Waals surface area contributed by atoms with E-state index in [1.54, 1.807) is 0 Å². The first-order chi connectivity index (χ1) is 12.0. The van der Waals surface area contributed by atoms with Crippen molar-refractivity contribution in [2.75, 3.05) is 20.1 Å². The molecule has 0 unspecified atom stereocenters. The quantitative estimate of drug-likeness (QED) is 0.548. The average molecular weight is 366 g/mol. The van der Waals surface area contributed by atoms with Crippen molar-refractivity contribution in [3.05, 3.63) is 0 Å². The molecule has 0 aromatic carbocycles. The summed E-state index contributed by atoms with van der Waals surface area (Å²) in [4.78, 5) is 63.7. The monoisotopic (exact) mass is 366 g/mol. The summed E-state index contributed by atoms with van der Waals surface area (Å²) < 4.78 is 0. The van der Waals surface area contributed by atoms with E-state index in [2.05, 4.69) is 5.32 Å². The normalized spacial score (nSPS) is 18.7. The summed E-state index contributed by atoms with van der Waals surface area (Å²) in [6.07, 6.45) is 3.17. The Balaban J connectivity index is 1.97. The summed E-state index contributed by atoms with van der Waals surface area (Å²) in [5.41, 5.74) is -0.434. The van der Waals surface area contributed by atoms with Crippen LogP contribution in [0.3, 0.4) is 0 Å². The van der Waals surface area contributed by atoms with Gasteiger partial charge in [0.15, 0.2) is 0 Å². The van der Waals surface area contributed by atoms with Crippen molar-refractivity contribution >= 4 is 29.7 Å². The molecule has 144 valence electrons. The van der Waals surface area contributed by atoms with Crippen LogP contribution in [-0.4, -0.2) is 76.1 Å². The molecule has 0 radical (unpaired) electrons. The summed E-state index contributed by atoms with van der Waals surface area (Å²) in [5.74, 6) is -2.79. The van der Waals surface area contributed by atoms with E-state index < -0.39 is 35.8 Å². The molecule has 9 heteroatoms. The summed E-state index contributed by atoms with van der Waals surface area (Å²) in [6, 6.07) is -1.01. The molecule has 1 saturated heterocycles. The van der Waals surface area contributed by atoms with E-state index in [1.165, 1.54) is 7.05 Å². The Morgan fingerprint density at radius 3 is 2.23 bits per heavy atom. The van der Waals surface area contributed by atoms with Gasteiger partial charge in [-0.2, -0.15) is 0 Å². The predicted octanol–water partition coefficient (Wildman–Crippen LogP) is 0.0929. The number of imide groups is 2. The lowest BCUT2D eigenvalue weighted by molar-refractivity contribution is -0.145. The molecule has 9 nitrogen and oxygen atoms in total. The van der Waals surface area contributed by atoms with Gasteiger partial charge >= 0.3 is 17.8 Å². The lowest BCUT2D eigenvalue weighted by Gasteiger charge is -2.24. The Bertz CT molecular complexity index is 634. The number of likely N-dealkylation sites (N-methyl/N-ethyl adjacent to an activating group) is 1. The van der Waals surface area contributed by atoms with Gasteiger partial charge in [0, 0.05) is 18.6 Å². The van der Waals surface area contributed by atoms with Crippen LogP contribution >= 0.6 is 0 Å². The second-order valence-electron chi connectivity index (χ2n) is 7.84. The lowest BCUT2D eigenvalue weighted by atomic mass is 10.1. The number of nitrogens with zero attached hydrogens (tertiary/aromatic N) is 3. The molecule has 1 aliphatic carbocycles. The van der Waals surface area contributed by atoms with Crippen LogP contribution in [0.1, 0.15) is 46.5 Å². The minimum Gasteiger partial charge on any atom is -0.350 e. The first-order valence-electron chi connectivity index (χ1n) is 8.75. The molecule has 1 N–H and O–H groups in total.